The number of phenolic OH excluding ortho intramolecular Hbond substituents is 1. The van der Waals surface area contributed by atoms with Gasteiger partial charge in [0.15, 0.2) is 11.6 Å². The average molecular weight is 256 g/mol. The van der Waals surface area contributed by atoms with E-state index in [1.54, 1.807) is 12.1 Å². The summed E-state index contributed by atoms with van der Waals surface area (Å²) >= 11 is 0. The van der Waals surface area contributed by atoms with Crippen molar-refractivity contribution in [3.8, 4) is 11.8 Å². The SMILES string of the molecule is Cc1cccc(NCc2cccc(F)c2O)c1C#N. The second-order valence-electron chi connectivity index (χ2n) is 4.21. The van der Waals surface area contributed by atoms with Crippen molar-refractivity contribution >= 4 is 5.69 Å². The smallest absolute Gasteiger partial charge is 0.165 e. The lowest BCUT2D eigenvalue weighted by Gasteiger charge is -2.11. The summed E-state index contributed by atoms with van der Waals surface area (Å²) in [7, 11) is 0. The van der Waals surface area contributed by atoms with Gasteiger partial charge in [0.1, 0.15) is 6.07 Å². The Kier molecular flexibility index (Phi) is 3.67. The molecule has 2 rings (SSSR count). The summed E-state index contributed by atoms with van der Waals surface area (Å²) in [6.45, 7) is 2.10. The lowest BCUT2D eigenvalue weighted by molar-refractivity contribution is 0.427. The van der Waals surface area contributed by atoms with Gasteiger partial charge in [-0.3, -0.25) is 0 Å². The van der Waals surface area contributed by atoms with Gasteiger partial charge in [0, 0.05) is 12.1 Å². The molecule has 0 bridgehead atoms. The van der Waals surface area contributed by atoms with Gasteiger partial charge in [0.25, 0.3) is 0 Å². The number of para-hydroxylation sites is 1. The Morgan fingerprint density at radius 2 is 2.00 bits per heavy atom. The lowest BCUT2D eigenvalue weighted by Crippen LogP contribution is -2.03. The zero-order valence-electron chi connectivity index (χ0n) is 10.4. The topological polar surface area (TPSA) is 56.0 Å². The fraction of sp³-hybridized carbons (Fsp3) is 0.133. The fourth-order valence-corrected chi connectivity index (χ4v) is 1.86. The van der Waals surface area contributed by atoms with Gasteiger partial charge in [0.2, 0.25) is 0 Å². The fourth-order valence-electron chi connectivity index (χ4n) is 1.86. The number of nitrogens with one attached hydrogen (secondary N) is 1. The summed E-state index contributed by atoms with van der Waals surface area (Å²) in [5.74, 6) is -1.01. The molecule has 0 atom stereocenters. The van der Waals surface area contributed by atoms with Gasteiger partial charge in [0.05, 0.1) is 11.3 Å². The normalized spacial score (nSPS) is 9.95. The second kappa shape index (κ2) is 5.40. The molecule has 4 heteroatoms. The summed E-state index contributed by atoms with van der Waals surface area (Å²) in [4.78, 5) is 0. The van der Waals surface area contributed by atoms with Crippen LogP contribution in [0.4, 0.5) is 10.1 Å². The van der Waals surface area contributed by atoms with E-state index in [1.165, 1.54) is 12.1 Å². The van der Waals surface area contributed by atoms with Gasteiger partial charge in [-0.1, -0.05) is 24.3 Å². The molecule has 0 saturated carbocycles. The number of hydrogen-bond acceptors (Lipinski definition) is 3. The Morgan fingerprint density at radius 1 is 1.26 bits per heavy atom. The van der Waals surface area contributed by atoms with Crippen LogP contribution in [-0.4, -0.2) is 5.11 Å². The maximum atomic E-state index is 13.2. The minimum absolute atomic E-state index is 0.252. The van der Waals surface area contributed by atoms with Crippen molar-refractivity contribution in [2.24, 2.45) is 0 Å². The number of halogens is 1. The lowest BCUT2D eigenvalue weighted by atomic mass is 10.1. The number of aromatic hydroxyl groups is 1. The first-order chi connectivity index (χ1) is 9.13. The maximum absolute atomic E-state index is 13.2. The van der Waals surface area contributed by atoms with Crippen LogP contribution in [0.15, 0.2) is 36.4 Å². The van der Waals surface area contributed by atoms with Crippen LogP contribution in [0.2, 0.25) is 0 Å². The predicted octanol–water partition coefficient (Wildman–Crippen LogP) is 3.32. The highest BCUT2D eigenvalue weighted by molar-refractivity contribution is 5.61. The highest BCUT2D eigenvalue weighted by Crippen LogP contribution is 2.23. The van der Waals surface area contributed by atoms with E-state index in [-0.39, 0.29) is 12.3 Å². The van der Waals surface area contributed by atoms with Crippen LogP contribution in [-0.2, 0) is 6.54 Å². The van der Waals surface area contributed by atoms with Crippen LogP contribution >= 0.6 is 0 Å². The van der Waals surface area contributed by atoms with Crippen LogP contribution in [0.25, 0.3) is 0 Å². The van der Waals surface area contributed by atoms with Crippen molar-refractivity contribution in [1.82, 2.24) is 0 Å². The largest absolute Gasteiger partial charge is 0.505 e. The third kappa shape index (κ3) is 2.66. The molecule has 0 amide bonds. The summed E-state index contributed by atoms with van der Waals surface area (Å²) in [5, 5.41) is 21.7. The van der Waals surface area contributed by atoms with Gasteiger partial charge in [-0.15, -0.1) is 0 Å². The van der Waals surface area contributed by atoms with E-state index in [4.69, 9.17) is 5.26 Å². The number of aryl methyl sites for hydroxylation is 1. The van der Waals surface area contributed by atoms with E-state index in [0.717, 1.165) is 5.56 Å². The molecule has 2 aromatic carbocycles. The van der Waals surface area contributed by atoms with Crippen molar-refractivity contribution in [2.45, 2.75) is 13.5 Å². The molecule has 0 unspecified atom stereocenters. The minimum atomic E-state index is -0.649. The molecule has 0 spiro atoms. The van der Waals surface area contributed by atoms with Crippen molar-refractivity contribution in [2.75, 3.05) is 5.32 Å². The van der Waals surface area contributed by atoms with Crippen molar-refractivity contribution in [1.29, 1.82) is 5.26 Å². The molecule has 0 fully saturated rings. The van der Waals surface area contributed by atoms with Crippen LogP contribution in [0.1, 0.15) is 16.7 Å². The molecular weight excluding hydrogens is 243 g/mol. The summed E-state index contributed by atoms with van der Waals surface area (Å²) < 4.78 is 13.2. The number of nitrogens with zero attached hydrogens (tertiary/aromatic N) is 1. The van der Waals surface area contributed by atoms with Gasteiger partial charge < -0.3 is 10.4 Å². The van der Waals surface area contributed by atoms with E-state index < -0.39 is 5.82 Å². The van der Waals surface area contributed by atoms with Gasteiger partial charge in [-0.05, 0) is 24.6 Å². The zero-order valence-corrected chi connectivity index (χ0v) is 10.4. The van der Waals surface area contributed by atoms with Crippen molar-refractivity contribution in [3.63, 3.8) is 0 Å². The number of phenols is 1. The molecule has 2 N–H and O–H groups in total. The number of benzene rings is 2. The molecule has 0 heterocycles. The Labute approximate surface area is 110 Å². The van der Waals surface area contributed by atoms with E-state index in [0.29, 0.717) is 16.8 Å². The Bertz CT molecular complexity index is 647. The first-order valence-corrected chi connectivity index (χ1v) is 5.83. The monoisotopic (exact) mass is 256 g/mol. The number of anilines is 1. The second-order valence-corrected chi connectivity index (χ2v) is 4.21. The predicted molar refractivity (Wildman–Crippen MR) is 71.3 cm³/mol. The molecule has 0 saturated heterocycles. The van der Waals surface area contributed by atoms with E-state index in [9.17, 15) is 9.50 Å². The Balaban J connectivity index is 2.22. The van der Waals surface area contributed by atoms with Crippen LogP contribution in [0.3, 0.4) is 0 Å². The Morgan fingerprint density at radius 3 is 2.74 bits per heavy atom. The summed E-state index contributed by atoms with van der Waals surface area (Å²) in [5.41, 5.74) is 2.55. The first kappa shape index (κ1) is 12.9. The van der Waals surface area contributed by atoms with Gasteiger partial charge in [-0.2, -0.15) is 5.26 Å². The van der Waals surface area contributed by atoms with Crippen LogP contribution < -0.4 is 5.32 Å². The molecular formula is C15H13FN2O. The van der Waals surface area contributed by atoms with Crippen molar-refractivity contribution < 1.29 is 9.50 Å². The molecule has 2 aromatic rings. The third-order valence-electron chi connectivity index (χ3n) is 2.92. The Hall–Kier alpha value is -2.54. The summed E-state index contributed by atoms with van der Waals surface area (Å²) in [6, 6.07) is 12.0. The van der Waals surface area contributed by atoms with Gasteiger partial charge in [-0.25, -0.2) is 4.39 Å². The molecule has 0 radical (unpaired) electrons. The quantitative estimate of drug-likeness (QED) is 0.885. The van der Waals surface area contributed by atoms with E-state index in [1.807, 2.05) is 19.1 Å². The zero-order chi connectivity index (χ0) is 13.8. The standard InChI is InChI=1S/C15H13FN2O/c1-10-4-2-7-14(12(10)8-17)18-9-11-5-3-6-13(16)15(11)19/h2-7,18-19H,9H2,1H3. The molecule has 19 heavy (non-hydrogen) atoms. The van der Waals surface area contributed by atoms with Gasteiger partial charge >= 0.3 is 0 Å². The number of rotatable bonds is 3. The third-order valence-corrected chi connectivity index (χ3v) is 2.92. The highest BCUT2D eigenvalue weighted by Gasteiger charge is 2.08. The molecule has 0 aromatic heterocycles. The first-order valence-electron chi connectivity index (χ1n) is 5.83. The molecule has 0 aliphatic heterocycles. The number of nitriles is 1. The van der Waals surface area contributed by atoms with E-state index in [2.05, 4.69) is 11.4 Å². The molecule has 0 aliphatic carbocycles. The number of hydrogen-bond donors (Lipinski definition) is 2. The van der Waals surface area contributed by atoms with Crippen LogP contribution in [0, 0.1) is 24.1 Å². The summed E-state index contributed by atoms with van der Waals surface area (Å²) in [6.07, 6.45) is 0. The van der Waals surface area contributed by atoms with Crippen LogP contribution in [0.5, 0.6) is 5.75 Å². The highest BCUT2D eigenvalue weighted by atomic mass is 19.1. The molecule has 0 aliphatic rings. The maximum Gasteiger partial charge on any atom is 0.165 e. The van der Waals surface area contributed by atoms with Crippen molar-refractivity contribution in [3.05, 3.63) is 58.9 Å². The molecule has 3 nitrogen and oxygen atoms in total. The van der Waals surface area contributed by atoms with E-state index >= 15 is 0 Å². The molecule has 96 valence electrons. The average Bonchev–Trinajstić information content (AvgIpc) is 2.40. The minimum Gasteiger partial charge on any atom is -0.505 e.